The summed E-state index contributed by atoms with van der Waals surface area (Å²) >= 11 is 6.14. The van der Waals surface area contributed by atoms with Gasteiger partial charge in [-0.25, -0.2) is 4.39 Å². The Labute approximate surface area is 249 Å². The normalized spacial score (nSPS) is 11.6. The quantitative estimate of drug-likeness (QED) is 0.179. The van der Waals surface area contributed by atoms with Crippen LogP contribution < -0.4 is 16.0 Å². The number of carboxylic acids is 1. The predicted octanol–water partition coefficient (Wildman–Crippen LogP) is 3.04. The lowest BCUT2D eigenvalue weighted by molar-refractivity contribution is -0.136. The fraction of sp³-hybridized carbons (Fsp3) is 0.138. The van der Waals surface area contributed by atoms with Crippen molar-refractivity contribution in [3.8, 4) is 5.69 Å². The van der Waals surface area contributed by atoms with Gasteiger partial charge in [0.2, 0.25) is 11.8 Å². The molecule has 1 aromatic heterocycles. The molecule has 4 rings (SSSR count). The number of aromatic nitrogens is 4. The van der Waals surface area contributed by atoms with E-state index in [1.54, 1.807) is 42.5 Å². The minimum absolute atomic E-state index is 0.0532. The average molecular weight is 606 g/mol. The number of benzene rings is 3. The number of carbonyl (C=O) groups excluding carboxylic acids is 3. The molecule has 43 heavy (non-hydrogen) atoms. The molecule has 1 atom stereocenters. The molecule has 4 aromatic rings. The van der Waals surface area contributed by atoms with Crippen LogP contribution in [0.1, 0.15) is 27.9 Å². The number of nitrogens with one attached hydrogen (secondary N) is 3. The van der Waals surface area contributed by atoms with E-state index in [-0.39, 0.29) is 30.6 Å². The SMILES string of the molecule is O=C(O)CCNC(=O)c1ccc(NC(=O)[C@H](Cc2ccccc2)NC(=O)C=Cc2cc(Cl)ccc2-n2cnnn2)cc1F. The molecule has 220 valence electrons. The number of rotatable bonds is 12. The van der Waals surface area contributed by atoms with E-state index >= 15 is 0 Å². The second-order valence-electron chi connectivity index (χ2n) is 9.13. The van der Waals surface area contributed by atoms with Gasteiger partial charge in [0.1, 0.15) is 18.2 Å². The Hall–Kier alpha value is -5.43. The Kier molecular flexibility index (Phi) is 10.3. The lowest BCUT2D eigenvalue weighted by Gasteiger charge is -2.18. The average Bonchev–Trinajstić information content (AvgIpc) is 3.51. The molecule has 0 unspecified atom stereocenters. The van der Waals surface area contributed by atoms with E-state index in [4.69, 9.17) is 16.7 Å². The van der Waals surface area contributed by atoms with Gasteiger partial charge in [-0.15, -0.1) is 5.10 Å². The minimum atomic E-state index is -1.11. The summed E-state index contributed by atoms with van der Waals surface area (Å²) in [5, 5.41) is 27.8. The molecular weight excluding hydrogens is 581 g/mol. The van der Waals surface area contributed by atoms with Crippen LogP contribution >= 0.6 is 11.6 Å². The molecule has 4 N–H and O–H groups in total. The molecular formula is C29H25ClFN7O5. The Morgan fingerprint density at radius 1 is 1.05 bits per heavy atom. The van der Waals surface area contributed by atoms with E-state index in [1.165, 1.54) is 35.3 Å². The lowest BCUT2D eigenvalue weighted by atomic mass is 10.0. The second-order valence-corrected chi connectivity index (χ2v) is 9.56. The van der Waals surface area contributed by atoms with Crippen molar-refractivity contribution in [1.82, 2.24) is 30.8 Å². The molecule has 0 saturated heterocycles. The molecule has 0 radical (unpaired) electrons. The summed E-state index contributed by atoms with van der Waals surface area (Å²) in [5.74, 6) is -4.03. The third-order valence-electron chi connectivity index (χ3n) is 6.02. The van der Waals surface area contributed by atoms with Crippen LogP contribution in [-0.2, 0) is 20.8 Å². The van der Waals surface area contributed by atoms with E-state index in [1.807, 2.05) is 6.07 Å². The van der Waals surface area contributed by atoms with E-state index < -0.39 is 35.5 Å². The standard InChI is InChI=1S/C29H25ClFN7O5/c30-20-7-10-25(38-17-33-36-37-38)19(15-20)6-11-26(39)35-24(14-18-4-2-1-3-5-18)29(43)34-21-8-9-22(23(31)16-21)28(42)32-13-12-27(40)41/h1-11,15-17,24H,12-14H2,(H,32,42)(H,34,43)(H,35,39)(H,40,41)/t24-/m0/s1. The molecule has 0 spiro atoms. The van der Waals surface area contributed by atoms with Crippen molar-refractivity contribution in [2.24, 2.45) is 0 Å². The van der Waals surface area contributed by atoms with Crippen LogP contribution in [0.15, 0.2) is 79.1 Å². The predicted molar refractivity (Wildman–Crippen MR) is 155 cm³/mol. The fourth-order valence-corrected chi connectivity index (χ4v) is 4.15. The van der Waals surface area contributed by atoms with E-state index in [9.17, 15) is 23.6 Å². The monoisotopic (exact) mass is 605 g/mol. The van der Waals surface area contributed by atoms with Gasteiger partial charge < -0.3 is 21.1 Å². The molecule has 0 aliphatic heterocycles. The van der Waals surface area contributed by atoms with Crippen LogP contribution in [0.25, 0.3) is 11.8 Å². The molecule has 1 heterocycles. The van der Waals surface area contributed by atoms with Gasteiger partial charge in [0.05, 0.1) is 17.7 Å². The summed E-state index contributed by atoms with van der Waals surface area (Å²) < 4.78 is 16.1. The number of hydrogen-bond donors (Lipinski definition) is 4. The number of nitrogens with zero attached hydrogens (tertiary/aromatic N) is 4. The first-order valence-corrected chi connectivity index (χ1v) is 13.2. The summed E-state index contributed by atoms with van der Waals surface area (Å²) in [6, 6.07) is 16.4. The lowest BCUT2D eigenvalue weighted by Crippen LogP contribution is -2.44. The van der Waals surface area contributed by atoms with Crippen molar-refractivity contribution >= 4 is 47.1 Å². The fourth-order valence-electron chi connectivity index (χ4n) is 3.97. The Balaban J connectivity index is 1.48. The van der Waals surface area contributed by atoms with Crippen molar-refractivity contribution in [3.63, 3.8) is 0 Å². The van der Waals surface area contributed by atoms with Crippen LogP contribution in [0.5, 0.6) is 0 Å². The van der Waals surface area contributed by atoms with Crippen LogP contribution in [-0.4, -0.2) is 61.6 Å². The van der Waals surface area contributed by atoms with E-state index in [0.29, 0.717) is 16.3 Å². The van der Waals surface area contributed by atoms with Gasteiger partial charge in [-0.05, 0) is 58.5 Å². The number of halogens is 2. The van der Waals surface area contributed by atoms with E-state index in [0.717, 1.165) is 11.6 Å². The zero-order valence-corrected chi connectivity index (χ0v) is 23.2. The van der Waals surface area contributed by atoms with Crippen molar-refractivity contribution < 1.29 is 28.7 Å². The third kappa shape index (κ3) is 8.78. The van der Waals surface area contributed by atoms with E-state index in [2.05, 4.69) is 31.5 Å². The highest BCUT2D eigenvalue weighted by Crippen LogP contribution is 2.20. The summed E-state index contributed by atoms with van der Waals surface area (Å²) in [7, 11) is 0. The molecule has 0 aliphatic rings. The molecule has 0 saturated carbocycles. The number of hydrogen-bond acceptors (Lipinski definition) is 7. The smallest absolute Gasteiger partial charge is 0.305 e. The van der Waals surface area contributed by atoms with Crippen LogP contribution in [0.4, 0.5) is 10.1 Å². The molecule has 0 bridgehead atoms. The number of carbonyl (C=O) groups is 4. The van der Waals surface area contributed by atoms with Gasteiger partial charge in [0.15, 0.2) is 0 Å². The Morgan fingerprint density at radius 3 is 2.53 bits per heavy atom. The molecule has 0 fully saturated rings. The van der Waals surface area contributed by atoms with Gasteiger partial charge in [0.25, 0.3) is 5.91 Å². The number of carboxylic acid groups (broad SMARTS) is 1. The van der Waals surface area contributed by atoms with Gasteiger partial charge >= 0.3 is 5.97 Å². The molecule has 14 heteroatoms. The van der Waals surface area contributed by atoms with Crippen LogP contribution in [0.2, 0.25) is 5.02 Å². The van der Waals surface area contributed by atoms with Crippen molar-refractivity contribution in [2.45, 2.75) is 18.9 Å². The topological polar surface area (TPSA) is 168 Å². The van der Waals surface area contributed by atoms with Gasteiger partial charge in [-0.1, -0.05) is 41.9 Å². The highest BCUT2D eigenvalue weighted by atomic mass is 35.5. The Bertz CT molecular complexity index is 1650. The second kappa shape index (κ2) is 14.5. The Morgan fingerprint density at radius 2 is 1.84 bits per heavy atom. The van der Waals surface area contributed by atoms with Crippen LogP contribution in [0, 0.1) is 5.82 Å². The third-order valence-corrected chi connectivity index (χ3v) is 6.26. The summed E-state index contributed by atoms with van der Waals surface area (Å²) in [5.41, 5.74) is 1.61. The van der Waals surface area contributed by atoms with Crippen molar-refractivity contribution in [1.29, 1.82) is 0 Å². The summed E-state index contributed by atoms with van der Waals surface area (Å²) in [6.45, 7) is -0.169. The first-order valence-electron chi connectivity index (χ1n) is 12.9. The number of anilines is 1. The number of amides is 3. The number of aliphatic carboxylic acids is 1. The van der Waals surface area contributed by atoms with Crippen molar-refractivity contribution in [3.05, 3.63) is 107 Å². The zero-order valence-electron chi connectivity index (χ0n) is 22.4. The largest absolute Gasteiger partial charge is 0.481 e. The van der Waals surface area contributed by atoms with Gasteiger partial charge in [-0.3, -0.25) is 19.2 Å². The zero-order chi connectivity index (χ0) is 30.8. The summed E-state index contributed by atoms with van der Waals surface area (Å²) in [4.78, 5) is 49.0. The van der Waals surface area contributed by atoms with Gasteiger partial charge in [0, 0.05) is 35.3 Å². The highest BCUT2D eigenvalue weighted by molar-refractivity contribution is 6.30. The molecule has 3 amide bonds. The van der Waals surface area contributed by atoms with Crippen LogP contribution in [0.3, 0.4) is 0 Å². The maximum Gasteiger partial charge on any atom is 0.305 e. The molecule has 0 aliphatic carbocycles. The number of tetrazole rings is 1. The summed E-state index contributed by atoms with van der Waals surface area (Å²) in [6.07, 6.45) is 3.95. The first kappa shape index (κ1) is 30.5. The highest BCUT2D eigenvalue weighted by Gasteiger charge is 2.22. The van der Waals surface area contributed by atoms with Crippen molar-refractivity contribution in [2.75, 3.05) is 11.9 Å². The molecule has 12 nitrogen and oxygen atoms in total. The maximum atomic E-state index is 14.7. The molecule has 3 aromatic carbocycles. The first-order chi connectivity index (χ1) is 20.7. The maximum absolute atomic E-state index is 14.7. The van der Waals surface area contributed by atoms with Gasteiger partial charge in [-0.2, -0.15) is 4.68 Å². The minimum Gasteiger partial charge on any atom is -0.481 e.